The lowest BCUT2D eigenvalue weighted by Gasteiger charge is -2.30. The summed E-state index contributed by atoms with van der Waals surface area (Å²) in [5.74, 6) is 0. The van der Waals surface area contributed by atoms with Gasteiger partial charge in [-0.3, -0.25) is 4.90 Å². The molecule has 18 heavy (non-hydrogen) atoms. The fourth-order valence-electron chi connectivity index (χ4n) is 2.69. The maximum atomic E-state index is 9.62. The molecule has 1 aliphatic rings. The predicted octanol–water partition coefficient (Wildman–Crippen LogP) is 1.89. The Morgan fingerprint density at radius 3 is 2.89 bits per heavy atom. The minimum Gasteiger partial charge on any atom is -0.393 e. The Morgan fingerprint density at radius 2 is 2.22 bits per heavy atom. The van der Waals surface area contributed by atoms with Gasteiger partial charge in [0.15, 0.2) is 0 Å². The zero-order valence-corrected chi connectivity index (χ0v) is 11.3. The van der Waals surface area contributed by atoms with E-state index in [0.29, 0.717) is 6.04 Å². The summed E-state index contributed by atoms with van der Waals surface area (Å²) in [4.78, 5) is 2.42. The molecule has 0 radical (unpaired) electrons. The third kappa shape index (κ3) is 3.53. The van der Waals surface area contributed by atoms with Crippen molar-refractivity contribution in [3.8, 4) is 0 Å². The molecule has 0 spiro atoms. The first-order valence-electron chi connectivity index (χ1n) is 6.87. The second-order valence-electron chi connectivity index (χ2n) is 5.35. The van der Waals surface area contributed by atoms with Crippen LogP contribution in [-0.2, 0) is 6.54 Å². The highest BCUT2D eigenvalue weighted by molar-refractivity contribution is 5.04. The van der Waals surface area contributed by atoms with Crippen LogP contribution in [0.4, 0.5) is 0 Å². The number of aliphatic hydroxyl groups excluding tert-OH is 1. The topological polar surface area (TPSA) is 62.4 Å². The number of aromatic nitrogens is 2. The van der Waals surface area contributed by atoms with Gasteiger partial charge in [-0.25, -0.2) is 4.63 Å². The Labute approximate surface area is 108 Å². The van der Waals surface area contributed by atoms with Crippen LogP contribution in [0, 0.1) is 6.92 Å². The maximum Gasteiger partial charge on any atom is 0.122 e. The van der Waals surface area contributed by atoms with Crippen molar-refractivity contribution in [3.63, 3.8) is 0 Å². The Morgan fingerprint density at radius 1 is 1.39 bits per heavy atom. The van der Waals surface area contributed by atoms with Crippen molar-refractivity contribution in [2.24, 2.45) is 0 Å². The molecule has 2 heterocycles. The van der Waals surface area contributed by atoms with Crippen molar-refractivity contribution in [1.29, 1.82) is 0 Å². The molecule has 1 saturated heterocycles. The molecule has 0 bridgehead atoms. The van der Waals surface area contributed by atoms with E-state index in [-0.39, 0.29) is 6.10 Å². The van der Waals surface area contributed by atoms with Gasteiger partial charge in [-0.2, -0.15) is 0 Å². The standard InChI is InChI=1S/C13H23N3O2/c1-10(17)8-12-6-4-3-5-7-16(12)9-13-11(2)14-18-15-13/h10,12,17H,3-9H2,1-2H3. The van der Waals surface area contributed by atoms with Crippen molar-refractivity contribution < 1.29 is 9.74 Å². The van der Waals surface area contributed by atoms with E-state index in [1.54, 1.807) is 0 Å². The van der Waals surface area contributed by atoms with Gasteiger partial charge in [-0.15, -0.1) is 0 Å². The number of aryl methyl sites for hydroxylation is 1. The summed E-state index contributed by atoms with van der Waals surface area (Å²) in [5.41, 5.74) is 1.79. The van der Waals surface area contributed by atoms with E-state index in [4.69, 9.17) is 4.63 Å². The Kier molecular flexibility index (Phi) is 4.72. The number of aliphatic hydroxyl groups is 1. The van der Waals surface area contributed by atoms with E-state index in [9.17, 15) is 5.11 Å². The summed E-state index contributed by atoms with van der Waals surface area (Å²) in [6.45, 7) is 5.65. The minimum absolute atomic E-state index is 0.243. The quantitative estimate of drug-likeness (QED) is 0.888. The van der Waals surface area contributed by atoms with Crippen molar-refractivity contribution >= 4 is 0 Å². The fourth-order valence-corrected chi connectivity index (χ4v) is 2.69. The normalized spacial score (nSPS) is 23.8. The summed E-state index contributed by atoms with van der Waals surface area (Å²) in [6.07, 6.45) is 5.51. The number of hydrogen-bond donors (Lipinski definition) is 1. The van der Waals surface area contributed by atoms with E-state index >= 15 is 0 Å². The third-order valence-corrected chi connectivity index (χ3v) is 3.71. The molecular formula is C13H23N3O2. The van der Waals surface area contributed by atoms with E-state index in [1.807, 2.05) is 13.8 Å². The van der Waals surface area contributed by atoms with E-state index < -0.39 is 0 Å². The van der Waals surface area contributed by atoms with Gasteiger partial charge in [0.25, 0.3) is 0 Å². The molecule has 1 aromatic heterocycles. The van der Waals surface area contributed by atoms with Crippen LogP contribution >= 0.6 is 0 Å². The molecule has 2 rings (SSSR count). The van der Waals surface area contributed by atoms with Crippen molar-refractivity contribution in [3.05, 3.63) is 11.4 Å². The smallest absolute Gasteiger partial charge is 0.122 e. The fraction of sp³-hybridized carbons (Fsp3) is 0.846. The van der Waals surface area contributed by atoms with Crippen LogP contribution in [0.15, 0.2) is 4.63 Å². The average Bonchev–Trinajstić information content (AvgIpc) is 2.58. The molecule has 5 heteroatoms. The lowest BCUT2D eigenvalue weighted by atomic mass is 10.0. The molecule has 2 atom stereocenters. The highest BCUT2D eigenvalue weighted by atomic mass is 16.6. The van der Waals surface area contributed by atoms with Gasteiger partial charge in [0.05, 0.1) is 6.10 Å². The SMILES string of the molecule is Cc1nonc1CN1CCCCCC1CC(C)O. The molecule has 1 aromatic rings. The molecule has 2 unspecified atom stereocenters. The van der Waals surface area contributed by atoms with Crippen LogP contribution in [0.2, 0.25) is 0 Å². The molecule has 1 N–H and O–H groups in total. The molecule has 1 aliphatic heterocycles. The number of hydrogen-bond acceptors (Lipinski definition) is 5. The van der Waals surface area contributed by atoms with Crippen molar-refractivity contribution in [1.82, 2.24) is 15.2 Å². The molecule has 102 valence electrons. The molecule has 1 fully saturated rings. The van der Waals surface area contributed by atoms with Gasteiger partial charge in [-0.1, -0.05) is 23.2 Å². The lowest BCUT2D eigenvalue weighted by molar-refractivity contribution is 0.106. The molecule has 5 nitrogen and oxygen atoms in total. The monoisotopic (exact) mass is 253 g/mol. The van der Waals surface area contributed by atoms with Crippen LogP contribution in [-0.4, -0.2) is 39.0 Å². The van der Waals surface area contributed by atoms with Crippen molar-refractivity contribution in [2.45, 2.75) is 64.6 Å². The summed E-state index contributed by atoms with van der Waals surface area (Å²) in [6, 6.07) is 0.448. The number of rotatable bonds is 4. The van der Waals surface area contributed by atoms with Gasteiger partial charge in [0.1, 0.15) is 11.4 Å². The van der Waals surface area contributed by atoms with E-state index in [2.05, 4.69) is 15.2 Å². The van der Waals surface area contributed by atoms with Gasteiger partial charge < -0.3 is 5.11 Å². The Hall–Kier alpha value is -0.940. The molecule has 0 aromatic carbocycles. The van der Waals surface area contributed by atoms with Crippen LogP contribution in [0.25, 0.3) is 0 Å². The third-order valence-electron chi connectivity index (χ3n) is 3.71. The minimum atomic E-state index is -0.243. The van der Waals surface area contributed by atoms with Crippen LogP contribution < -0.4 is 0 Å². The van der Waals surface area contributed by atoms with Crippen molar-refractivity contribution in [2.75, 3.05) is 6.54 Å². The summed E-state index contributed by atoms with van der Waals surface area (Å²) in [7, 11) is 0. The highest BCUT2D eigenvalue weighted by Crippen LogP contribution is 2.22. The maximum absolute atomic E-state index is 9.62. The average molecular weight is 253 g/mol. The summed E-state index contributed by atoms with van der Waals surface area (Å²) in [5, 5.41) is 17.4. The van der Waals surface area contributed by atoms with E-state index in [1.165, 1.54) is 19.3 Å². The number of nitrogens with zero attached hydrogens (tertiary/aromatic N) is 3. The molecule has 0 saturated carbocycles. The predicted molar refractivity (Wildman–Crippen MR) is 68.0 cm³/mol. The number of likely N-dealkylation sites (tertiary alicyclic amines) is 1. The first kappa shape index (κ1) is 13.5. The van der Waals surface area contributed by atoms with Gasteiger partial charge in [0.2, 0.25) is 0 Å². The lowest BCUT2D eigenvalue weighted by Crippen LogP contribution is -2.36. The zero-order valence-electron chi connectivity index (χ0n) is 11.3. The second-order valence-corrected chi connectivity index (χ2v) is 5.35. The van der Waals surface area contributed by atoms with Gasteiger partial charge in [0, 0.05) is 12.6 Å². The van der Waals surface area contributed by atoms with E-state index in [0.717, 1.165) is 37.3 Å². The van der Waals surface area contributed by atoms with Gasteiger partial charge >= 0.3 is 0 Å². The van der Waals surface area contributed by atoms with Crippen LogP contribution in [0.3, 0.4) is 0 Å². The molecule has 0 aliphatic carbocycles. The Balaban J connectivity index is 2.03. The Bertz CT molecular complexity index is 365. The highest BCUT2D eigenvalue weighted by Gasteiger charge is 2.24. The second kappa shape index (κ2) is 6.29. The van der Waals surface area contributed by atoms with Gasteiger partial charge in [-0.05, 0) is 39.7 Å². The largest absolute Gasteiger partial charge is 0.393 e. The first-order chi connectivity index (χ1) is 8.66. The molecule has 0 amide bonds. The molecular weight excluding hydrogens is 230 g/mol. The van der Waals surface area contributed by atoms with Crippen LogP contribution in [0.5, 0.6) is 0 Å². The zero-order chi connectivity index (χ0) is 13.0. The first-order valence-corrected chi connectivity index (χ1v) is 6.87. The van der Waals surface area contributed by atoms with Crippen LogP contribution in [0.1, 0.15) is 50.4 Å². The summed E-state index contributed by atoms with van der Waals surface area (Å²) >= 11 is 0. The summed E-state index contributed by atoms with van der Waals surface area (Å²) < 4.78 is 4.76.